The summed E-state index contributed by atoms with van der Waals surface area (Å²) in [6, 6.07) is 17.0. The van der Waals surface area contributed by atoms with Crippen molar-refractivity contribution < 1.29 is 4.74 Å². The van der Waals surface area contributed by atoms with Crippen LogP contribution in [0.15, 0.2) is 60.9 Å². The van der Waals surface area contributed by atoms with Crippen LogP contribution in [0.1, 0.15) is 29.4 Å². The highest BCUT2D eigenvalue weighted by Crippen LogP contribution is 2.17. The highest BCUT2D eigenvalue weighted by atomic mass is 16.5. The van der Waals surface area contributed by atoms with Gasteiger partial charge in [0.25, 0.3) is 0 Å². The Morgan fingerprint density at radius 1 is 1.04 bits per heavy atom. The second kappa shape index (κ2) is 8.68. The SMILES string of the molecule is CCN(Cc1ccc(OCc2nccn2C)cc1)Cc1ccccc1C. The monoisotopic (exact) mass is 349 g/mol. The van der Waals surface area contributed by atoms with Crippen molar-refractivity contribution >= 4 is 0 Å². The van der Waals surface area contributed by atoms with Crippen LogP contribution in [0.5, 0.6) is 5.75 Å². The van der Waals surface area contributed by atoms with Crippen molar-refractivity contribution in [3.05, 3.63) is 83.4 Å². The number of ether oxygens (including phenoxy) is 1. The van der Waals surface area contributed by atoms with Crippen molar-refractivity contribution in [2.75, 3.05) is 6.54 Å². The molecular weight excluding hydrogens is 322 g/mol. The maximum atomic E-state index is 5.83. The molecule has 1 aromatic heterocycles. The van der Waals surface area contributed by atoms with Gasteiger partial charge in [0.05, 0.1) is 0 Å². The predicted molar refractivity (Wildman–Crippen MR) is 105 cm³/mol. The highest BCUT2D eigenvalue weighted by molar-refractivity contribution is 5.28. The minimum atomic E-state index is 0.483. The van der Waals surface area contributed by atoms with Gasteiger partial charge in [0.2, 0.25) is 0 Å². The molecule has 4 heteroatoms. The first-order valence-corrected chi connectivity index (χ1v) is 9.10. The molecule has 0 bridgehead atoms. The number of hydrogen-bond donors (Lipinski definition) is 0. The molecule has 26 heavy (non-hydrogen) atoms. The summed E-state index contributed by atoms with van der Waals surface area (Å²) in [5, 5.41) is 0. The Kier molecular flexibility index (Phi) is 6.08. The van der Waals surface area contributed by atoms with Gasteiger partial charge >= 0.3 is 0 Å². The van der Waals surface area contributed by atoms with Gasteiger partial charge in [-0.2, -0.15) is 0 Å². The van der Waals surface area contributed by atoms with Crippen molar-refractivity contribution in [3.8, 4) is 5.75 Å². The first-order valence-electron chi connectivity index (χ1n) is 9.10. The minimum absolute atomic E-state index is 0.483. The summed E-state index contributed by atoms with van der Waals surface area (Å²) in [7, 11) is 1.97. The Morgan fingerprint density at radius 3 is 2.46 bits per heavy atom. The Hall–Kier alpha value is -2.59. The molecule has 0 aliphatic heterocycles. The van der Waals surface area contributed by atoms with Crippen molar-refractivity contribution in [2.24, 2.45) is 7.05 Å². The molecule has 136 valence electrons. The van der Waals surface area contributed by atoms with Crippen LogP contribution in [-0.4, -0.2) is 21.0 Å². The standard InChI is InChI=1S/C22H27N3O/c1-4-25(16-20-8-6-5-7-18(20)2)15-19-9-11-21(12-10-19)26-17-22-23-13-14-24(22)3/h5-14H,4,15-17H2,1-3H3. The van der Waals surface area contributed by atoms with E-state index in [1.54, 1.807) is 6.20 Å². The van der Waals surface area contributed by atoms with Crippen LogP contribution in [0.4, 0.5) is 0 Å². The Bertz CT molecular complexity index is 823. The van der Waals surface area contributed by atoms with E-state index in [0.29, 0.717) is 6.61 Å². The molecule has 0 unspecified atom stereocenters. The van der Waals surface area contributed by atoms with Gasteiger partial charge in [-0.3, -0.25) is 4.90 Å². The molecule has 0 saturated heterocycles. The summed E-state index contributed by atoms with van der Waals surface area (Å²) in [6.07, 6.45) is 3.71. The average molecular weight is 349 g/mol. The summed E-state index contributed by atoms with van der Waals surface area (Å²) in [5.74, 6) is 1.79. The summed E-state index contributed by atoms with van der Waals surface area (Å²) >= 11 is 0. The third kappa shape index (κ3) is 4.73. The highest BCUT2D eigenvalue weighted by Gasteiger charge is 2.07. The quantitative estimate of drug-likeness (QED) is 0.606. The second-order valence-electron chi connectivity index (χ2n) is 6.62. The van der Waals surface area contributed by atoms with Crippen LogP contribution < -0.4 is 4.74 Å². The maximum Gasteiger partial charge on any atom is 0.146 e. The molecule has 4 nitrogen and oxygen atoms in total. The molecule has 0 aliphatic carbocycles. The van der Waals surface area contributed by atoms with Crippen LogP contribution in [0.2, 0.25) is 0 Å². The van der Waals surface area contributed by atoms with Crippen LogP contribution in [0.3, 0.4) is 0 Å². The zero-order chi connectivity index (χ0) is 18.4. The molecule has 0 atom stereocenters. The zero-order valence-electron chi connectivity index (χ0n) is 15.9. The van der Waals surface area contributed by atoms with Gasteiger partial charge in [0.1, 0.15) is 18.2 Å². The van der Waals surface area contributed by atoms with Crippen molar-refractivity contribution in [3.63, 3.8) is 0 Å². The number of hydrogen-bond acceptors (Lipinski definition) is 3. The zero-order valence-corrected chi connectivity index (χ0v) is 15.9. The fourth-order valence-electron chi connectivity index (χ4n) is 2.94. The fourth-order valence-corrected chi connectivity index (χ4v) is 2.94. The molecule has 0 spiro atoms. The smallest absolute Gasteiger partial charge is 0.146 e. The average Bonchev–Trinajstić information content (AvgIpc) is 3.07. The van der Waals surface area contributed by atoms with E-state index in [0.717, 1.165) is 31.2 Å². The molecule has 0 fully saturated rings. The molecule has 0 saturated carbocycles. The molecule has 0 amide bonds. The van der Waals surface area contributed by atoms with Gasteiger partial charge in [-0.25, -0.2) is 4.98 Å². The number of benzene rings is 2. The van der Waals surface area contributed by atoms with Gasteiger partial charge in [0.15, 0.2) is 0 Å². The largest absolute Gasteiger partial charge is 0.486 e. The topological polar surface area (TPSA) is 30.3 Å². The van der Waals surface area contributed by atoms with Gasteiger partial charge in [-0.05, 0) is 42.3 Å². The van der Waals surface area contributed by atoms with E-state index in [1.165, 1.54) is 16.7 Å². The summed E-state index contributed by atoms with van der Waals surface area (Å²) in [5.41, 5.74) is 4.04. The van der Waals surface area contributed by atoms with Gasteiger partial charge in [-0.1, -0.05) is 43.3 Å². The van der Waals surface area contributed by atoms with Crippen LogP contribution in [0, 0.1) is 6.92 Å². The molecular formula is C22H27N3O. The third-order valence-electron chi connectivity index (χ3n) is 4.72. The maximum absolute atomic E-state index is 5.83. The molecule has 2 aromatic carbocycles. The van der Waals surface area contributed by atoms with E-state index in [1.807, 2.05) is 29.9 Å². The van der Waals surface area contributed by atoms with E-state index in [4.69, 9.17) is 4.74 Å². The Morgan fingerprint density at radius 2 is 1.81 bits per heavy atom. The van der Waals surface area contributed by atoms with Crippen LogP contribution >= 0.6 is 0 Å². The summed E-state index contributed by atoms with van der Waals surface area (Å²) < 4.78 is 7.80. The van der Waals surface area contributed by atoms with E-state index < -0.39 is 0 Å². The third-order valence-corrected chi connectivity index (χ3v) is 4.72. The second-order valence-corrected chi connectivity index (χ2v) is 6.62. The first-order chi connectivity index (χ1) is 12.7. The van der Waals surface area contributed by atoms with Gasteiger partial charge in [0, 0.05) is 32.5 Å². The lowest BCUT2D eigenvalue weighted by Crippen LogP contribution is -2.22. The first kappa shape index (κ1) is 18.2. The lowest BCUT2D eigenvalue weighted by atomic mass is 10.1. The van der Waals surface area contributed by atoms with E-state index in [-0.39, 0.29) is 0 Å². The van der Waals surface area contributed by atoms with E-state index in [9.17, 15) is 0 Å². The number of rotatable bonds is 8. The van der Waals surface area contributed by atoms with E-state index in [2.05, 4.69) is 60.1 Å². The van der Waals surface area contributed by atoms with Crippen molar-refractivity contribution in [1.29, 1.82) is 0 Å². The molecule has 3 aromatic rings. The predicted octanol–water partition coefficient (Wildman–Crippen LogP) is 4.33. The lowest BCUT2D eigenvalue weighted by molar-refractivity contribution is 0.270. The Labute approximate surface area is 156 Å². The summed E-state index contributed by atoms with van der Waals surface area (Å²) in [6.45, 7) is 7.80. The van der Waals surface area contributed by atoms with Crippen molar-refractivity contribution in [1.82, 2.24) is 14.5 Å². The number of nitrogens with zero attached hydrogens (tertiary/aromatic N) is 3. The summed E-state index contributed by atoms with van der Waals surface area (Å²) in [4.78, 5) is 6.73. The van der Waals surface area contributed by atoms with Gasteiger partial charge in [-0.15, -0.1) is 0 Å². The van der Waals surface area contributed by atoms with Crippen molar-refractivity contribution in [2.45, 2.75) is 33.5 Å². The minimum Gasteiger partial charge on any atom is -0.486 e. The molecule has 0 N–H and O–H groups in total. The fraction of sp³-hybridized carbons (Fsp3) is 0.318. The van der Waals surface area contributed by atoms with Crippen LogP contribution in [0.25, 0.3) is 0 Å². The van der Waals surface area contributed by atoms with Crippen LogP contribution in [-0.2, 0) is 26.7 Å². The van der Waals surface area contributed by atoms with Gasteiger partial charge < -0.3 is 9.30 Å². The van der Waals surface area contributed by atoms with E-state index >= 15 is 0 Å². The number of aryl methyl sites for hydroxylation is 2. The Balaban J connectivity index is 1.57. The lowest BCUT2D eigenvalue weighted by Gasteiger charge is -2.21. The number of imidazole rings is 1. The number of aromatic nitrogens is 2. The molecule has 1 heterocycles. The molecule has 3 rings (SSSR count). The molecule has 0 radical (unpaired) electrons. The molecule has 0 aliphatic rings. The normalized spacial score (nSPS) is 11.1.